The molecular formula is C15H18N2OS. The Labute approximate surface area is 116 Å². The minimum atomic E-state index is -0.736. The van der Waals surface area contributed by atoms with E-state index >= 15 is 0 Å². The number of hydrogen-bond acceptors (Lipinski definition) is 3. The van der Waals surface area contributed by atoms with Crippen LogP contribution < -0.4 is 4.90 Å². The fraction of sp³-hybridized carbons (Fsp3) is 0.400. The van der Waals surface area contributed by atoms with Crippen molar-refractivity contribution in [3.8, 4) is 0 Å². The van der Waals surface area contributed by atoms with Gasteiger partial charge >= 0.3 is 0 Å². The average molecular weight is 274 g/mol. The summed E-state index contributed by atoms with van der Waals surface area (Å²) in [5.41, 5.74) is 2.22. The second-order valence-corrected chi connectivity index (χ2v) is 7.78. The van der Waals surface area contributed by atoms with E-state index in [4.69, 9.17) is 0 Å². The number of para-hydroxylation sites is 1. The molecule has 1 fully saturated rings. The Bertz CT molecular complexity index is 634. The van der Waals surface area contributed by atoms with Gasteiger partial charge in [-0.25, -0.2) is 0 Å². The summed E-state index contributed by atoms with van der Waals surface area (Å²) in [5, 5.41) is 1.17. The molecule has 100 valence electrons. The van der Waals surface area contributed by atoms with Gasteiger partial charge in [0, 0.05) is 46.9 Å². The molecule has 2 aromatic rings. The Morgan fingerprint density at radius 1 is 1.26 bits per heavy atom. The van der Waals surface area contributed by atoms with Gasteiger partial charge in [-0.3, -0.25) is 9.19 Å². The van der Waals surface area contributed by atoms with Crippen LogP contribution in [0, 0.1) is 0 Å². The molecule has 1 aliphatic heterocycles. The minimum absolute atomic E-state index is 0.150. The van der Waals surface area contributed by atoms with E-state index in [2.05, 4.69) is 35.9 Å². The van der Waals surface area contributed by atoms with Gasteiger partial charge in [0.15, 0.2) is 0 Å². The highest BCUT2D eigenvalue weighted by molar-refractivity contribution is 7.86. The van der Waals surface area contributed by atoms with Crippen molar-refractivity contribution in [1.29, 1.82) is 0 Å². The van der Waals surface area contributed by atoms with Crippen molar-refractivity contribution in [3.63, 3.8) is 0 Å². The van der Waals surface area contributed by atoms with Gasteiger partial charge in [0.05, 0.1) is 10.3 Å². The Morgan fingerprint density at radius 3 is 2.84 bits per heavy atom. The molecule has 0 N–H and O–H groups in total. The molecule has 0 bridgehead atoms. The lowest BCUT2D eigenvalue weighted by Crippen LogP contribution is -2.50. The summed E-state index contributed by atoms with van der Waals surface area (Å²) in [5.74, 6) is 0.740. The Balaban J connectivity index is 2.03. The standard InChI is InChI=1S/C15H18N2OS/c1-15(2)11-17(9-10-19(15)18)14-7-8-16-13-6-4-3-5-12(13)14/h3-8H,9-11H2,1-2H3. The van der Waals surface area contributed by atoms with Crippen LogP contribution in [0.3, 0.4) is 0 Å². The maximum Gasteiger partial charge on any atom is 0.0722 e. The normalized spacial score (nSPS) is 22.6. The number of hydrogen-bond donors (Lipinski definition) is 0. The van der Waals surface area contributed by atoms with Crippen LogP contribution in [0.15, 0.2) is 36.5 Å². The molecule has 0 amide bonds. The van der Waals surface area contributed by atoms with Crippen molar-refractivity contribution < 1.29 is 4.21 Å². The molecule has 1 aromatic heterocycles. The summed E-state index contributed by atoms with van der Waals surface area (Å²) in [6, 6.07) is 10.3. The molecule has 3 rings (SSSR count). The number of anilines is 1. The molecule has 2 heterocycles. The first-order valence-corrected chi connectivity index (χ1v) is 7.87. The molecule has 0 spiro atoms. The molecule has 1 aromatic carbocycles. The van der Waals surface area contributed by atoms with Crippen LogP contribution in [0.5, 0.6) is 0 Å². The number of fused-ring (bicyclic) bond motifs is 1. The first-order chi connectivity index (χ1) is 9.08. The van der Waals surface area contributed by atoms with E-state index in [1.165, 1.54) is 11.1 Å². The highest BCUT2D eigenvalue weighted by Gasteiger charge is 2.33. The van der Waals surface area contributed by atoms with Gasteiger partial charge in [-0.05, 0) is 26.0 Å². The summed E-state index contributed by atoms with van der Waals surface area (Å²) in [6.45, 7) is 5.84. The van der Waals surface area contributed by atoms with E-state index < -0.39 is 10.8 Å². The van der Waals surface area contributed by atoms with E-state index in [0.717, 1.165) is 24.4 Å². The van der Waals surface area contributed by atoms with Crippen molar-refractivity contribution in [2.45, 2.75) is 18.6 Å². The number of aromatic nitrogens is 1. The van der Waals surface area contributed by atoms with Crippen LogP contribution >= 0.6 is 0 Å². The number of rotatable bonds is 1. The molecular weight excluding hydrogens is 256 g/mol. The van der Waals surface area contributed by atoms with E-state index in [9.17, 15) is 4.21 Å². The first kappa shape index (κ1) is 12.6. The fourth-order valence-corrected chi connectivity index (χ4v) is 3.88. The first-order valence-electron chi connectivity index (χ1n) is 6.55. The molecule has 19 heavy (non-hydrogen) atoms. The lowest BCUT2D eigenvalue weighted by molar-refractivity contribution is 0.590. The molecule has 3 nitrogen and oxygen atoms in total. The molecule has 4 heteroatoms. The second kappa shape index (κ2) is 4.60. The van der Waals surface area contributed by atoms with Crippen LogP contribution in [-0.2, 0) is 10.8 Å². The van der Waals surface area contributed by atoms with Crippen molar-refractivity contribution in [2.75, 3.05) is 23.7 Å². The van der Waals surface area contributed by atoms with Gasteiger partial charge < -0.3 is 4.90 Å². The highest BCUT2D eigenvalue weighted by Crippen LogP contribution is 2.30. The van der Waals surface area contributed by atoms with Crippen molar-refractivity contribution >= 4 is 27.4 Å². The van der Waals surface area contributed by atoms with Gasteiger partial charge in [-0.15, -0.1) is 0 Å². The van der Waals surface area contributed by atoms with Crippen LogP contribution in [0.25, 0.3) is 10.9 Å². The van der Waals surface area contributed by atoms with Crippen molar-refractivity contribution in [3.05, 3.63) is 36.5 Å². The fourth-order valence-electron chi connectivity index (χ4n) is 2.64. The number of nitrogens with zero attached hydrogens (tertiary/aromatic N) is 2. The molecule has 0 saturated carbocycles. The van der Waals surface area contributed by atoms with Gasteiger partial charge in [0.25, 0.3) is 0 Å². The zero-order chi connectivity index (χ0) is 13.5. The molecule has 0 radical (unpaired) electrons. The zero-order valence-corrected chi connectivity index (χ0v) is 12.1. The quantitative estimate of drug-likeness (QED) is 0.801. The van der Waals surface area contributed by atoms with Gasteiger partial charge in [-0.1, -0.05) is 18.2 Å². The Hall–Kier alpha value is -1.42. The summed E-state index contributed by atoms with van der Waals surface area (Å²) in [6.07, 6.45) is 1.86. The lowest BCUT2D eigenvalue weighted by atomic mass is 10.1. The van der Waals surface area contributed by atoms with E-state index in [-0.39, 0.29) is 4.75 Å². The van der Waals surface area contributed by atoms with Crippen molar-refractivity contribution in [2.24, 2.45) is 0 Å². The van der Waals surface area contributed by atoms with E-state index in [0.29, 0.717) is 0 Å². The lowest BCUT2D eigenvalue weighted by Gasteiger charge is -2.39. The summed E-state index contributed by atoms with van der Waals surface area (Å²) in [7, 11) is -0.736. The molecule has 1 saturated heterocycles. The topological polar surface area (TPSA) is 33.2 Å². The Morgan fingerprint density at radius 2 is 2.05 bits per heavy atom. The highest BCUT2D eigenvalue weighted by atomic mass is 32.2. The van der Waals surface area contributed by atoms with Crippen LogP contribution in [0.1, 0.15) is 13.8 Å². The van der Waals surface area contributed by atoms with Crippen LogP contribution in [-0.4, -0.2) is 32.8 Å². The molecule has 0 aliphatic carbocycles. The number of benzene rings is 1. The van der Waals surface area contributed by atoms with E-state index in [1.54, 1.807) is 0 Å². The predicted molar refractivity (Wildman–Crippen MR) is 81.0 cm³/mol. The zero-order valence-electron chi connectivity index (χ0n) is 11.3. The third-order valence-corrected chi connectivity index (χ3v) is 5.62. The molecule has 1 atom stereocenters. The largest absolute Gasteiger partial charge is 0.369 e. The van der Waals surface area contributed by atoms with Gasteiger partial charge in [0.1, 0.15) is 0 Å². The molecule has 1 unspecified atom stereocenters. The van der Waals surface area contributed by atoms with Crippen molar-refractivity contribution in [1.82, 2.24) is 4.98 Å². The maximum atomic E-state index is 12.0. The van der Waals surface area contributed by atoms with Crippen LogP contribution in [0.2, 0.25) is 0 Å². The van der Waals surface area contributed by atoms with Gasteiger partial charge in [0.2, 0.25) is 0 Å². The maximum absolute atomic E-state index is 12.0. The number of pyridine rings is 1. The Kier molecular flexibility index (Phi) is 3.05. The third-order valence-electron chi connectivity index (χ3n) is 3.70. The smallest absolute Gasteiger partial charge is 0.0722 e. The summed E-state index contributed by atoms with van der Waals surface area (Å²) >= 11 is 0. The molecule has 1 aliphatic rings. The van der Waals surface area contributed by atoms with Gasteiger partial charge in [-0.2, -0.15) is 0 Å². The van der Waals surface area contributed by atoms with Crippen LogP contribution in [0.4, 0.5) is 5.69 Å². The average Bonchev–Trinajstić information content (AvgIpc) is 2.41. The SMILES string of the molecule is CC1(C)CN(c2ccnc3ccccc23)CCS1=O. The second-order valence-electron chi connectivity index (χ2n) is 5.58. The predicted octanol–water partition coefficient (Wildman–Crippen LogP) is 2.58. The minimum Gasteiger partial charge on any atom is -0.369 e. The third kappa shape index (κ3) is 2.25. The monoisotopic (exact) mass is 274 g/mol. The summed E-state index contributed by atoms with van der Waals surface area (Å²) < 4.78 is 11.9. The van der Waals surface area contributed by atoms with E-state index in [1.807, 2.05) is 24.4 Å². The summed E-state index contributed by atoms with van der Waals surface area (Å²) in [4.78, 5) is 6.74.